The maximum absolute atomic E-state index is 14.1. The predicted octanol–water partition coefficient (Wildman–Crippen LogP) is 11.6. The van der Waals surface area contributed by atoms with E-state index >= 15 is 0 Å². The third kappa shape index (κ3) is 19.7. The fourth-order valence-electron chi connectivity index (χ4n) is 9.16. The highest BCUT2D eigenvalue weighted by Gasteiger charge is 2.34. The third-order valence-electron chi connectivity index (χ3n) is 9.75. The molecule has 0 saturated heterocycles. The highest BCUT2D eigenvalue weighted by Crippen LogP contribution is 2.35. The lowest BCUT2D eigenvalue weighted by Crippen LogP contribution is -2.55. The zero-order valence-electron chi connectivity index (χ0n) is 33.9. The van der Waals surface area contributed by atoms with Crippen LogP contribution in [0.25, 0.3) is 0 Å². The Morgan fingerprint density at radius 1 is 0.478 bits per heavy atom. The first-order valence-electron chi connectivity index (χ1n) is 19.3. The molecule has 1 aliphatic rings. The Bertz CT molecular complexity index is 775. The summed E-state index contributed by atoms with van der Waals surface area (Å²) in [6.07, 6.45) is 12.3. The fourth-order valence-corrected chi connectivity index (χ4v) is 9.16. The monoisotopic (exact) mass is 647 g/mol. The zero-order chi connectivity index (χ0) is 35.7. The largest absolute Gasteiger partial charge is 0.351 e. The number of hydrogen-bond acceptors (Lipinski definition) is 2. The molecule has 6 unspecified atom stereocenters. The van der Waals surface area contributed by atoms with Crippen molar-refractivity contribution in [2.45, 2.75) is 200 Å². The van der Waals surface area contributed by atoms with Gasteiger partial charge in [-0.3, -0.25) is 9.59 Å². The SMILES string of the molecule is CC(CC(CC(C)CC(C)(C)C)C(=O)NC1CCCCC1NC(=O)C(CC(C)CC(C)(C)C)CC(C)CC(C)(C)C)CC(C)(C)C. The van der Waals surface area contributed by atoms with Crippen LogP contribution < -0.4 is 10.6 Å². The summed E-state index contributed by atoms with van der Waals surface area (Å²) in [7, 11) is 0. The maximum Gasteiger partial charge on any atom is 0.223 e. The molecule has 1 fully saturated rings. The molecular weight excluding hydrogens is 564 g/mol. The Morgan fingerprint density at radius 3 is 0.891 bits per heavy atom. The van der Waals surface area contributed by atoms with E-state index in [4.69, 9.17) is 0 Å². The number of carbonyl (C=O) groups excluding carboxylic acids is 2. The Hall–Kier alpha value is -1.06. The molecule has 1 aliphatic carbocycles. The van der Waals surface area contributed by atoms with Crippen molar-refractivity contribution in [2.75, 3.05) is 0 Å². The van der Waals surface area contributed by atoms with Gasteiger partial charge >= 0.3 is 0 Å². The number of rotatable bonds is 16. The van der Waals surface area contributed by atoms with Gasteiger partial charge in [0.2, 0.25) is 11.8 Å². The average Bonchev–Trinajstić information content (AvgIpc) is 2.79. The Labute approximate surface area is 288 Å². The molecule has 0 aromatic heterocycles. The minimum atomic E-state index is 0.0113. The number of nitrogens with one attached hydrogen (secondary N) is 2. The lowest BCUT2D eigenvalue weighted by atomic mass is 9.76. The van der Waals surface area contributed by atoms with Crippen LogP contribution in [-0.2, 0) is 9.59 Å². The van der Waals surface area contributed by atoms with Crippen molar-refractivity contribution in [1.29, 1.82) is 0 Å². The van der Waals surface area contributed by atoms with E-state index in [-0.39, 0.29) is 57.4 Å². The Balaban J connectivity index is 3.13. The molecule has 0 spiro atoms. The van der Waals surface area contributed by atoms with Crippen molar-refractivity contribution in [3.05, 3.63) is 0 Å². The van der Waals surface area contributed by atoms with Gasteiger partial charge in [0.1, 0.15) is 0 Å². The molecule has 4 nitrogen and oxygen atoms in total. The van der Waals surface area contributed by atoms with E-state index in [2.05, 4.69) is 121 Å². The van der Waals surface area contributed by atoms with Crippen LogP contribution in [0.15, 0.2) is 0 Å². The first-order valence-corrected chi connectivity index (χ1v) is 19.3. The van der Waals surface area contributed by atoms with Crippen molar-refractivity contribution in [1.82, 2.24) is 10.6 Å². The van der Waals surface area contributed by atoms with Gasteiger partial charge in [-0.2, -0.15) is 0 Å². The third-order valence-corrected chi connectivity index (χ3v) is 9.75. The molecule has 0 bridgehead atoms. The molecule has 1 rings (SSSR count). The van der Waals surface area contributed by atoms with Gasteiger partial charge in [-0.15, -0.1) is 0 Å². The van der Waals surface area contributed by atoms with Gasteiger partial charge in [-0.05, 0) is 110 Å². The predicted molar refractivity (Wildman–Crippen MR) is 201 cm³/mol. The molecule has 46 heavy (non-hydrogen) atoms. The molecule has 0 heterocycles. The maximum atomic E-state index is 14.1. The molecule has 272 valence electrons. The van der Waals surface area contributed by atoms with E-state index in [1.165, 1.54) is 0 Å². The quantitative estimate of drug-likeness (QED) is 0.175. The van der Waals surface area contributed by atoms with Crippen LogP contribution in [0.3, 0.4) is 0 Å². The van der Waals surface area contributed by atoms with E-state index in [9.17, 15) is 9.59 Å². The van der Waals surface area contributed by atoms with Crippen LogP contribution in [0.2, 0.25) is 0 Å². The van der Waals surface area contributed by atoms with Crippen LogP contribution in [0.1, 0.15) is 188 Å². The summed E-state index contributed by atoms with van der Waals surface area (Å²) in [6, 6.07) is 0.0337. The molecular formula is C42H82N2O2. The summed E-state index contributed by atoms with van der Waals surface area (Å²) in [6.45, 7) is 36.9. The summed E-state index contributed by atoms with van der Waals surface area (Å²) >= 11 is 0. The minimum Gasteiger partial charge on any atom is -0.351 e. The topological polar surface area (TPSA) is 58.2 Å². The Morgan fingerprint density at radius 2 is 0.696 bits per heavy atom. The van der Waals surface area contributed by atoms with Crippen molar-refractivity contribution in [2.24, 2.45) is 57.2 Å². The summed E-state index contributed by atoms with van der Waals surface area (Å²) in [5.41, 5.74) is 1.01. The van der Waals surface area contributed by atoms with Crippen LogP contribution in [0.5, 0.6) is 0 Å². The normalized spacial score (nSPS) is 22.3. The minimum absolute atomic E-state index is 0.0113. The van der Waals surface area contributed by atoms with Gasteiger partial charge in [-0.1, -0.05) is 124 Å². The van der Waals surface area contributed by atoms with E-state index in [0.717, 1.165) is 77.0 Å². The van der Waals surface area contributed by atoms with Crippen molar-refractivity contribution in [3.63, 3.8) is 0 Å². The summed E-state index contributed by atoms with van der Waals surface area (Å²) < 4.78 is 0. The van der Waals surface area contributed by atoms with E-state index in [0.29, 0.717) is 23.7 Å². The summed E-state index contributed by atoms with van der Waals surface area (Å²) in [4.78, 5) is 28.2. The molecule has 1 saturated carbocycles. The molecule has 4 heteroatoms. The molecule has 0 radical (unpaired) electrons. The molecule has 0 aromatic carbocycles. The fraction of sp³-hybridized carbons (Fsp3) is 0.952. The smallest absolute Gasteiger partial charge is 0.223 e. The second-order valence-corrected chi connectivity index (χ2v) is 21.3. The first-order chi connectivity index (χ1) is 20.7. The molecule has 2 N–H and O–H groups in total. The molecule has 2 amide bonds. The average molecular weight is 647 g/mol. The Kier molecular flexibility index (Phi) is 16.9. The number of amides is 2. The lowest BCUT2D eigenvalue weighted by molar-refractivity contribution is -0.130. The number of carbonyl (C=O) groups is 2. The summed E-state index contributed by atoms with van der Waals surface area (Å²) in [5, 5.41) is 7.08. The molecule has 6 atom stereocenters. The van der Waals surface area contributed by atoms with E-state index < -0.39 is 0 Å². The van der Waals surface area contributed by atoms with E-state index in [1.54, 1.807) is 0 Å². The van der Waals surface area contributed by atoms with E-state index in [1.807, 2.05) is 0 Å². The van der Waals surface area contributed by atoms with Crippen LogP contribution in [0.4, 0.5) is 0 Å². The summed E-state index contributed by atoms with van der Waals surface area (Å²) in [5.74, 6) is 2.41. The van der Waals surface area contributed by atoms with Crippen molar-refractivity contribution in [3.8, 4) is 0 Å². The molecule has 0 aromatic rings. The van der Waals surface area contributed by atoms with Crippen LogP contribution in [-0.4, -0.2) is 23.9 Å². The van der Waals surface area contributed by atoms with Crippen molar-refractivity contribution < 1.29 is 9.59 Å². The first kappa shape index (κ1) is 43.0. The highest BCUT2D eigenvalue weighted by atomic mass is 16.2. The van der Waals surface area contributed by atoms with Gasteiger partial charge in [0, 0.05) is 23.9 Å². The second kappa shape index (κ2) is 18.1. The van der Waals surface area contributed by atoms with Gasteiger partial charge < -0.3 is 10.6 Å². The zero-order valence-corrected chi connectivity index (χ0v) is 33.9. The van der Waals surface area contributed by atoms with Gasteiger partial charge in [0.05, 0.1) is 0 Å². The standard InChI is InChI=1S/C42H82N2O2/c1-29(25-39(5,6)7)21-33(22-30(2)26-40(8,9)10)37(45)43-35-19-17-18-20-36(35)44-38(46)34(23-31(3)27-41(11,12)13)24-32(4)28-42(14,15)16/h29-36H,17-28H2,1-16H3,(H,43,45)(H,44,46). The lowest BCUT2D eigenvalue weighted by Gasteiger charge is -2.36. The molecule has 0 aliphatic heterocycles. The van der Waals surface area contributed by atoms with Crippen molar-refractivity contribution >= 4 is 11.8 Å². The van der Waals surface area contributed by atoms with Crippen LogP contribution >= 0.6 is 0 Å². The van der Waals surface area contributed by atoms with Gasteiger partial charge in [0.15, 0.2) is 0 Å². The second-order valence-electron chi connectivity index (χ2n) is 21.3. The van der Waals surface area contributed by atoms with Crippen LogP contribution in [0, 0.1) is 57.2 Å². The number of hydrogen-bond donors (Lipinski definition) is 2. The van der Waals surface area contributed by atoms with Gasteiger partial charge in [0.25, 0.3) is 0 Å². The van der Waals surface area contributed by atoms with Gasteiger partial charge in [-0.25, -0.2) is 0 Å². The highest BCUT2D eigenvalue weighted by molar-refractivity contribution is 5.80.